The van der Waals surface area contributed by atoms with Crippen molar-refractivity contribution >= 4 is 23.4 Å². The number of para-hydroxylation sites is 2. The molecular formula is C11H11ClN4OS. The summed E-state index contributed by atoms with van der Waals surface area (Å²) in [6.07, 6.45) is 0. The van der Waals surface area contributed by atoms with Crippen LogP contribution < -0.4 is 4.74 Å². The smallest absolute Gasteiger partial charge is 0.214 e. The SMILES string of the molecule is C=C(Cl)CSc1nnnn1-c1ccccc1OC. The Hall–Kier alpha value is -1.53. The zero-order valence-electron chi connectivity index (χ0n) is 9.71. The minimum absolute atomic E-state index is 0.551. The molecule has 0 fully saturated rings. The minimum Gasteiger partial charge on any atom is -0.494 e. The molecule has 0 bridgehead atoms. The summed E-state index contributed by atoms with van der Waals surface area (Å²) >= 11 is 7.15. The number of aromatic nitrogens is 4. The highest BCUT2D eigenvalue weighted by molar-refractivity contribution is 7.99. The lowest BCUT2D eigenvalue weighted by atomic mass is 10.3. The zero-order valence-corrected chi connectivity index (χ0v) is 11.3. The van der Waals surface area contributed by atoms with E-state index in [1.54, 1.807) is 11.8 Å². The highest BCUT2D eigenvalue weighted by Gasteiger charge is 2.12. The van der Waals surface area contributed by atoms with Crippen molar-refractivity contribution in [1.82, 2.24) is 20.2 Å². The molecule has 0 aliphatic carbocycles. The van der Waals surface area contributed by atoms with E-state index in [-0.39, 0.29) is 0 Å². The van der Waals surface area contributed by atoms with Crippen LogP contribution in [0.25, 0.3) is 5.69 Å². The molecule has 0 radical (unpaired) electrons. The summed E-state index contributed by atoms with van der Waals surface area (Å²) < 4.78 is 6.89. The van der Waals surface area contributed by atoms with Gasteiger partial charge in [0.1, 0.15) is 11.4 Å². The van der Waals surface area contributed by atoms with Crippen molar-refractivity contribution in [2.45, 2.75) is 5.16 Å². The molecule has 7 heteroatoms. The Bertz CT molecular complexity index is 557. The fraction of sp³-hybridized carbons (Fsp3) is 0.182. The third kappa shape index (κ3) is 2.83. The molecule has 0 amide bonds. The van der Waals surface area contributed by atoms with E-state index in [2.05, 4.69) is 22.1 Å². The number of benzene rings is 1. The molecule has 0 aliphatic rings. The molecule has 0 unspecified atom stereocenters. The molecule has 0 saturated heterocycles. The molecule has 18 heavy (non-hydrogen) atoms. The first-order valence-electron chi connectivity index (χ1n) is 5.10. The molecule has 1 aromatic carbocycles. The van der Waals surface area contributed by atoms with Crippen LogP contribution in [-0.4, -0.2) is 33.1 Å². The number of thioether (sulfide) groups is 1. The molecule has 2 aromatic rings. The summed E-state index contributed by atoms with van der Waals surface area (Å²) in [6, 6.07) is 7.52. The second-order valence-corrected chi connectivity index (χ2v) is 4.83. The van der Waals surface area contributed by atoms with Crippen LogP contribution in [0.1, 0.15) is 0 Å². The van der Waals surface area contributed by atoms with Crippen molar-refractivity contribution in [2.24, 2.45) is 0 Å². The average molecular weight is 283 g/mol. The average Bonchev–Trinajstić information content (AvgIpc) is 2.84. The Labute approximate surface area is 114 Å². The molecule has 94 valence electrons. The predicted molar refractivity (Wildman–Crippen MR) is 71.4 cm³/mol. The van der Waals surface area contributed by atoms with Gasteiger partial charge in [0.15, 0.2) is 0 Å². The fourth-order valence-corrected chi connectivity index (χ4v) is 2.17. The Balaban J connectivity index is 2.33. The van der Waals surface area contributed by atoms with Gasteiger partial charge in [-0.15, -0.1) is 5.10 Å². The maximum atomic E-state index is 5.73. The minimum atomic E-state index is 0.551. The van der Waals surface area contributed by atoms with Crippen molar-refractivity contribution in [2.75, 3.05) is 12.9 Å². The number of hydrogen-bond acceptors (Lipinski definition) is 5. The van der Waals surface area contributed by atoms with Crippen LogP contribution in [0.4, 0.5) is 0 Å². The molecule has 0 saturated carbocycles. The third-order valence-electron chi connectivity index (χ3n) is 2.11. The fourth-order valence-electron chi connectivity index (χ4n) is 1.37. The van der Waals surface area contributed by atoms with Gasteiger partial charge in [-0.05, 0) is 22.6 Å². The highest BCUT2D eigenvalue weighted by atomic mass is 35.5. The predicted octanol–water partition coefficient (Wildman–Crippen LogP) is 2.52. The molecule has 2 rings (SSSR count). The largest absolute Gasteiger partial charge is 0.494 e. The van der Waals surface area contributed by atoms with E-state index in [9.17, 15) is 0 Å². The first kappa shape index (κ1) is 12.9. The van der Waals surface area contributed by atoms with E-state index < -0.39 is 0 Å². The number of halogens is 1. The summed E-state index contributed by atoms with van der Waals surface area (Å²) in [7, 11) is 1.61. The van der Waals surface area contributed by atoms with Crippen molar-refractivity contribution in [1.29, 1.82) is 0 Å². The van der Waals surface area contributed by atoms with Gasteiger partial charge in [0.05, 0.1) is 7.11 Å². The van der Waals surface area contributed by atoms with Gasteiger partial charge in [-0.25, -0.2) is 0 Å². The number of nitrogens with zero attached hydrogens (tertiary/aromatic N) is 4. The van der Waals surface area contributed by atoms with Gasteiger partial charge < -0.3 is 4.74 Å². The maximum absolute atomic E-state index is 5.73. The third-order valence-corrected chi connectivity index (χ3v) is 3.41. The lowest BCUT2D eigenvalue weighted by molar-refractivity contribution is 0.410. The standard InChI is InChI=1S/C11H11ClN4OS/c1-8(12)7-18-11-13-14-15-16(11)9-5-3-4-6-10(9)17-2/h3-6H,1,7H2,2H3. The van der Waals surface area contributed by atoms with E-state index >= 15 is 0 Å². The summed E-state index contributed by atoms with van der Waals surface area (Å²) in [5.74, 6) is 1.26. The Morgan fingerprint density at radius 2 is 2.28 bits per heavy atom. The van der Waals surface area contributed by atoms with Gasteiger partial charge in [-0.2, -0.15) is 4.68 Å². The van der Waals surface area contributed by atoms with Crippen molar-refractivity contribution in [3.8, 4) is 11.4 Å². The molecule has 0 aliphatic heterocycles. The first-order valence-corrected chi connectivity index (χ1v) is 6.46. The van der Waals surface area contributed by atoms with E-state index in [1.165, 1.54) is 11.8 Å². The van der Waals surface area contributed by atoms with Crippen LogP contribution in [0.5, 0.6) is 5.75 Å². The molecule has 1 heterocycles. The van der Waals surface area contributed by atoms with Crippen LogP contribution >= 0.6 is 23.4 Å². The van der Waals surface area contributed by atoms with Crippen molar-refractivity contribution in [3.63, 3.8) is 0 Å². The molecular weight excluding hydrogens is 272 g/mol. The van der Waals surface area contributed by atoms with E-state index in [0.29, 0.717) is 21.7 Å². The Morgan fingerprint density at radius 3 is 3.00 bits per heavy atom. The molecule has 0 atom stereocenters. The number of ether oxygens (including phenoxy) is 1. The number of rotatable bonds is 5. The van der Waals surface area contributed by atoms with Gasteiger partial charge in [-0.1, -0.05) is 42.1 Å². The van der Waals surface area contributed by atoms with Crippen LogP contribution in [0.3, 0.4) is 0 Å². The van der Waals surface area contributed by atoms with Crippen molar-refractivity contribution < 1.29 is 4.74 Å². The molecule has 0 spiro atoms. The van der Waals surface area contributed by atoms with Crippen LogP contribution in [0.2, 0.25) is 0 Å². The summed E-state index contributed by atoms with van der Waals surface area (Å²) in [6.45, 7) is 3.63. The lowest BCUT2D eigenvalue weighted by Gasteiger charge is -2.08. The second kappa shape index (κ2) is 5.88. The number of hydrogen-bond donors (Lipinski definition) is 0. The topological polar surface area (TPSA) is 52.8 Å². The van der Waals surface area contributed by atoms with Gasteiger partial charge >= 0.3 is 0 Å². The second-order valence-electron chi connectivity index (χ2n) is 3.35. The van der Waals surface area contributed by atoms with E-state index in [1.807, 2.05) is 24.3 Å². The Kier molecular flexibility index (Phi) is 4.22. The first-order chi connectivity index (χ1) is 8.72. The van der Waals surface area contributed by atoms with Gasteiger partial charge in [0.2, 0.25) is 5.16 Å². The monoisotopic (exact) mass is 282 g/mol. The summed E-state index contributed by atoms with van der Waals surface area (Å²) in [5.41, 5.74) is 0.785. The summed E-state index contributed by atoms with van der Waals surface area (Å²) in [4.78, 5) is 0. The van der Waals surface area contributed by atoms with Gasteiger partial charge in [0, 0.05) is 10.8 Å². The van der Waals surface area contributed by atoms with E-state index in [4.69, 9.17) is 16.3 Å². The van der Waals surface area contributed by atoms with Gasteiger partial charge in [-0.3, -0.25) is 0 Å². The maximum Gasteiger partial charge on any atom is 0.214 e. The normalized spacial score (nSPS) is 10.3. The van der Waals surface area contributed by atoms with Gasteiger partial charge in [0.25, 0.3) is 0 Å². The lowest BCUT2D eigenvalue weighted by Crippen LogP contribution is -2.02. The number of tetrazole rings is 1. The molecule has 5 nitrogen and oxygen atoms in total. The van der Waals surface area contributed by atoms with Crippen LogP contribution in [-0.2, 0) is 0 Å². The van der Waals surface area contributed by atoms with E-state index in [0.717, 1.165) is 5.69 Å². The van der Waals surface area contributed by atoms with Crippen LogP contribution in [0.15, 0.2) is 41.0 Å². The quantitative estimate of drug-likeness (QED) is 0.789. The zero-order chi connectivity index (χ0) is 13.0. The van der Waals surface area contributed by atoms with Crippen molar-refractivity contribution in [3.05, 3.63) is 35.9 Å². The molecule has 1 aromatic heterocycles. The molecule has 0 N–H and O–H groups in total. The highest BCUT2D eigenvalue weighted by Crippen LogP contribution is 2.26. The Morgan fingerprint density at radius 1 is 1.50 bits per heavy atom. The van der Waals surface area contributed by atoms with Crippen LogP contribution in [0, 0.1) is 0 Å². The summed E-state index contributed by atoms with van der Waals surface area (Å²) in [5, 5.41) is 12.8. The number of methoxy groups -OCH3 is 1.